The lowest BCUT2D eigenvalue weighted by atomic mass is 10.0. The number of halogens is 1. The zero-order valence-corrected chi connectivity index (χ0v) is 15.8. The first-order chi connectivity index (χ1) is 11.6. The van der Waals surface area contributed by atoms with Gasteiger partial charge < -0.3 is 14.4 Å². The fourth-order valence-electron chi connectivity index (χ4n) is 2.69. The average Bonchev–Trinajstić information content (AvgIpc) is 2.57. The van der Waals surface area contributed by atoms with Gasteiger partial charge in [0.25, 0.3) is 0 Å². The Labute approximate surface area is 148 Å². The Morgan fingerprint density at radius 2 is 1.62 bits per heavy atom. The second-order valence-electron chi connectivity index (χ2n) is 5.17. The second-order valence-corrected chi connectivity index (χ2v) is 7.72. The number of nitrogens with one attached hydrogen (secondary N) is 1. The minimum Gasteiger partial charge on any atom is -0.388 e. The zero-order chi connectivity index (χ0) is 17.6. The van der Waals surface area contributed by atoms with E-state index in [9.17, 15) is 4.57 Å². The molecule has 1 atom stereocenters. The van der Waals surface area contributed by atoms with Crippen molar-refractivity contribution in [2.45, 2.75) is 19.5 Å². The summed E-state index contributed by atoms with van der Waals surface area (Å²) in [5, 5.41) is 3.78. The third-order valence-corrected chi connectivity index (χ3v) is 6.34. The van der Waals surface area contributed by atoms with Gasteiger partial charge in [0.1, 0.15) is 5.66 Å². The number of benzene rings is 2. The molecule has 0 aliphatic carbocycles. The van der Waals surface area contributed by atoms with E-state index in [0.29, 0.717) is 18.2 Å². The van der Waals surface area contributed by atoms with Gasteiger partial charge in [-0.25, -0.2) is 0 Å². The largest absolute Gasteiger partial charge is 0.388 e. The van der Waals surface area contributed by atoms with Crippen LogP contribution in [0.15, 0.2) is 48.5 Å². The monoisotopic (exact) mass is 367 g/mol. The molecule has 0 bridgehead atoms. The highest BCUT2D eigenvalue weighted by molar-refractivity contribution is 7.54. The van der Waals surface area contributed by atoms with Gasteiger partial charge in [-0.1, -0.05) is 41.9 Å². The molecular formula is C18H23ClNO3P. The van der Waals surface area contributed by atoms with Crippen LogP contribution in [0.25, 0.3) is 0 Å². The van der Waals surface area contributed by atoms with Crippen LogP contribution in [0, 0.1) is 0 Å². The van der Waals surface area contributed by atoms with Crippen molar-refractivity contribution in [3.05, 3.63) is 64.7 Å². The van der Waals surface area contributed by atoms with E-state index in [0.717, 1.165) is 16.8 Å². The van der Waals surface area contributed by atoms with Crippen LogP contribution < -0.4 is 5.32 Å². The molecule has 0 aromatic heterocycles. The van der Waals surface area contributed by atoms with Crippen molar-refractivity contribution < 1.29 is 13.6 Å². The molecule has 0 saturated heterocycles. The molecule has 4 nitrogen and oxygen atoms in total. The molecule has 0 aliphatic heterocycles. The first kappa shape index (κ1) is 19.0. The highest BCUT2D eigenvalue weighted by Crippen LogP contribution is 2.64. The molecule has 0 spiro atoms. The van der Waals surface area contributed by atoms with Crippen molar-refractivity contribution in [2.75, 3.05) is 25.6 Å². The normalized spacial score (nSPS) is 12.8. The predicted molar refractivity (Wildman–Crippen MR) is 100 cm³/mol. The van der Waals surface area contributed by atoms with Crippen LogP contribution in [0.2, 0.25) is 5.02 Å². The maximum absolute atomic E-state index is 13.6. The third-order valence-electron chi connectivity index (χ3n) is 3.64. The number of anilines is 1. The number of para-hydroxylation sites is 1. The number of hydrogen-bond donors (Lipinski definition) is 1. The Morgan fingerprint density at radius 3 is 2.17 bits per heavy atom. The lowest BCUT2D eigenvalue weighted by molar-refractivity contribution is 0.215. The van der Waals surface area contributed by atoms with Gasteiger partial charge in [-0.3, -0.25) is 4.57 Å². The van der Waals surface area contributed by atoms with Crippen LogP contribution >= 0.6 is 19.2 Å². The fourth-order valence-corrected chi connectivity index (χ4v) is 5.01. The molecule has 6 heteroatoms. The summed E-state index contributed by atoms with van der Waals surface area (Å²) in [7, 11) is -1.57. The minimum atomic E-state index is -3.41. The molecule has 130 valence electrons. The molecule has 1 unspecified atom stereocenters. The van der Waals surface area contributed by atoms with Gasteiger partial charge in [0.15, 0.2) is 0 Å². The first-order valence-corrected chi connectivity index (χ1v) is 9.95. The van der Waals surface area contributed by atoms with Crippen LogP contribution in [0.1, 0.15) is 30.6 Å². The fraction of sp³-hybridized carbons (Fsp3) is 0.333. The highest BCUT2D eigenvalue weighted by atomic mass is 35.5. The Kier molecular flexibility index (Phi) is 6.88. The standard InChI is InChI=1S/C18H23ClNO3P/c1-4-22-24(21,23-5-2)18(14-10-12-15(19)13-11-14)16-8-6-7-9-17(16)20-3/h6-13,18,20H,4-5H2,1-3H3. The van der Waals surface area contributed by atoms with Crippen molar-refractivity contribution in [3.8, 4) is 0 Å². The summed E-state index contributed by atoms with van der Waals surface area (Å²) in [6, 6.07) is 15.0. The topological polar surface area (TPSA) is 47.6 Å². The molecule has 0 heterocycles. The van der Waals surface area contributed by atoms with Crippen molar-refractivity contribution >= 4 is 24.9 Å². The van der Waals surface area contributed by atoms with E-state index in [1.54, 1.807) is 12.1 Å². The lowest BCUT2D eigenvalue weighted by Gasteiger charge is -2.28. The van der Waals surface area contributed by atoms with E-state index in [-0.39, 0.29) is 0 Å². The van der Waals surface area contributed by atoms with Crippen LogP contribution in [-0.4, -0.2) is 20.3 Å². The molecule has 0 radical (unpaired) electrons. The zero-order valence-electron chi connectivity index (χ0n) is 14.2. The number of rotatable bonds is 8. The van der Waals surface area contributed by atoms with Gasteiger partial charge in [-0.15, -0.1) is 0 Å². The summed E-state index contributed by atoms with van der Waals surface area (Å²) >= 11 is 6.01. The van der Waals surface area contributed by atoms with Crippen LogP contribution in [-0.2, 0) is 13.6 Å². The first-order valence-electron chi connectivity index (χ1n) is 7.96. The Morgan fingerprint density at radius 1 is 1.04 bits per heavy atom. The van der Waals surface area contributed by atoms with Crippen molar-refractivity contribution in [1.29, 1.82) is 0 Å². The maximum Gasteiger partial charge on any atom is 0.342 e. The minimum absolute atomic E-state index is 0.309. The average molecular weight is 368 g/mol. The SMILES string of the molecule is CCOP(=O)(OCC)C(c1ccc(Cl)cc1)c1ccccc1NC. The summed E-state index contributed by atoms with van der Waals surface area (Å²) in [6.45, 7) is 4.25. The second kappa shape index (κ2) is 8.68. The van der Waals surface area contributed by atoms with Crippen molar-refractivity contribution in [2.24, 2.45) is 0 Å². The number of hydrogen-bond acceptors (Lipinski definition) is 4. The summed E-state index contributed by atoms with van der Waals surface area (Å²) in [6.07, 6.45) is 0. The van der Waals surface area contributed by atoms with Gasteiger partial charge in [-0.05, 0) is 43.2 Å². The molecule has 0 fully saturated rings. The molecule has 2 aromatic carbocycles. The molecule has 1 N–H and O–H groups in total. The van der Waals surface area contributed by atoms with Crippen LogP contribution in [0.5, 0.6) is 0 Å². The maximum atomic E-state index is 13.6. The van der Waals surface area contributed by atoms with E-state index >= 15 is 0 Å². The molecule has 2 aromatic rings. The predicted octanol–water partition coefficient (Wildman–Crippen LogP) is 5.74. The summed E-state index contributed by atoms with van der Waals surface area (Å²) in [5.74, 6) is 0. The quantitative estimate of drug-likeness (QED) is 0.604. The molecule has 2 rings (SSSR count). The third kappa shape index (κ3) is 4.20. The van der Waals surface area contributed by atoms with Crippen molar-refractivity contribution in [1.82, 2.24) is 0 Å². The molecule has 24 heavy (non-hydrogen) atoms. The summed E-state index contributed by atoms with van der Waals surface area (Å²) < 4.78 is 24.8. The van der Waals surface area contributed by atoms with Crippen molar-refractivity contribution in [3.63, 3.8) is 0 Å². The molecule has 0 saturated carbocycles. The van der Waals surface area contributed by atoms with Gasteiger partial charge in [0.05, 0.1) is 13.2 Å². The Balaban J connectivity index is 2.64. The smallest absolute Gasteiger partial charge is 0.342 e. The van der Waals surface area contributed by atoms with Crippen LogP contribution in [0.4, 0.5) is 5.69 Å². The van der Waals surface area contributed by atoms with Crippen LogP contribution in [0.3, 0.4) is 0 Å². The van der Waals surface area contributed by atoms with E-state index in [1.165, 1.54) is 0 Å². The van der Waals surface area contributed by atoms with Gasteiger partial charge in [0.2, 0.25) is 0 Å². The van der Waals surface area contributed by atoms with Gasteiger partial charge in [-0.2, -0.15) is 0 Å². The highest BCUT2D eigenvalue weighted by Gasteiger charge is 2.39. The van der Waals surface area contributed by atoms with Gasteiger partial charge in [0, 0.05) is 17.8 Å². The molecular weight excluding hydrogens is 345 g/mol. The van der Waals surface area contributed by atoms with E-state index < -0.39 is 13.3 Å². The Bertz CT molecular complexity index is 696. The van der Waals surface area contributed by atoms with E-state index in [2.05, 4.69) is 5.32 Å². The molecule has 0 aliphatic rings. The van der Waals surface area contributed by atoms with E-state index in [1.807, 2.05) is 57.3 Å². The van der Waals surface area contributed by atoms with E-state index in [4.69, 9.17) is 20.6 Å². The molecule has 0 amide bonds. The summed E-state index contributed by atoms with van der Waals surface area (Å²) in [4.78, 5) is 0. The Hall–Kier alpha value is -1.32. The van der Waals surface area contributed by atoms with Gasteiger partial charge >= 0.3 is 7.60 Å². The lowest BCUT2D eigenvalue weighted by Crippen LogP contribution is -2.10. The summed E-state index contributed by atoms with van der Waals surface area (Å²) in [5.41, 5.74) is 2.07.